The van der Waals surface area contributed by atoms with Gasteiger partial charge < -0.3 is 9.53 Å². The van der Waals surface area contributed by atoms with Crippen molar-refractivity contribution in [2.45, 2.75) is 77.8 Å². The van der Waals surface area contributed by atoms with Gasteiger partial charge in [-0.15, -0.1) is 0 Å². The largest absolute Gasteiger partial charge is 0.411 e. The van der Waals surface area contributed by atoms with Crippen molar-refractivity contribution >= 4 is 8.32 Å². The van der Waals surface area contributed by atoms with Crippen LogP contribution in [0, 0.1) is 0 Å². The van der Waals surface area contributed by atoms with Gasteiger partial charge in [-0.3, -0.25) is 0 Å². The zero-order chi connectivity index (χ0) is 13.7. The average Bonchev–Trinajstić information content (AvgIpc) is 2.14. The number of rotatable bonds is 6. The first-order valence-corrected chi connectivity index (χ1v) is 9.53. The third-order valence-electron chi connectivity index (χ3n) is 3.56. The average molecular weight is 258 g/mol. The molecule has 0 aromatic rings. The summed E-state index contributed by atoms with van der Waals surface area (Å²) in [6.45, 7) is 15.1. The molecule has 0 fully saturated rings. The second kappa shape index (κ2) is 6.71. The summed E-state index contributed by atoms with van der Waals surface area (Å²) >= 11 is 0. The van der Waals surface area contributed by atoms with Crippen LogP contribution >= 0.6 is 0 Å². The van der Waals surface area contributed by atoms with E-state index in [1.54, 1.807) is 0 Å². The van der Waals surface area contributed by atoms with Gasteiger partial charge in [-0.2, -0.15) is 0 Å². The van der Waals surface area contributed by atoms with Gasteiger partial charge in [0.2, 0.25) is 0 Å². The Morgan fingerprint density at radius 1 is 1.24 bits per heavy atom. The van der Waals surface area contributed by atoms with Crippen molar-refractivity contribution in [1.82, 2.24) is 0 Å². The molecule has 0 bridgehead atoms. The molecule has 0 saturated heterocycles. The number of allylic oxidation sites excluding steroid dienone is 1. The minimum Gasteiger partial charge on any atom is -0.411 e. The van der Waals surface area contributed by atoms with Gasteiger partial charge in [-0.1, -0.05) is 39.8 Å². The third kappa shape index (κ3) is 5.84. The van der Waals surface area contributed by atoms with Gasteiger partial charge in [-0.25, -0.2) is 0 Å². The molecule has 0 heterocycles. The highest BCUT2D eigenvalue weighted by atomic mass is 28.4. The Kier molecular flexibility index (Phi) is 6.67. The summed E-state index contributed by atoms with van der Waals surface area (Å²) in [5.41, 5.74) is 0. The van der Waals surface area contributed by atoms with E-state index < -0.39 is 14.4 Å². The van der Waals surface area contributed by atoms with Crippen LogP contribution in [0.2, 0.25) is 18.1 Å². The topological polar surface area (TPSA) is 29.5 Å². The molecule has 0 aliphatic carbocycles. The molecule has 17 heavy (non-hydrogen) atoms. The molecule has 0 rings (SSSR count). The van der Waals surface area contributed by atoms with Crippen LogP contribution in [0.5, 0.6) is 0 Å². The van der Waals surface area contributed by atoms with Crippen molar-refractivity contribution in [1.29, 1.82) is 0 Å². The molecule has 0 radical (unpaired) electrons. The van der Waals surface area contributed by atoms with Gasteiger partial charge in [0, 0.05) is 0 Å². The molecule has 102 valence electrons. The molecule has 0 unspecified atom stereocenters. The summed E-state index contributed by atoms with van der Waals surface area (Å²) in [4.78, 5) is 0. The first-order chi connectivity index (χ1) is 7.62. The Hall–Kier alpha value is -0.123. The minimum absolute atomic E-state index is 0.0707. The quantitative estimate of drug-likeness (QED) is 0.574. The Balaban J connectivity index is 4.60. The van der Waals surface area contributed by atoms with E-state index in [0.29, 0.717) is 0 Å². The van der Waals surface area contributed by atoms with Crippen molar-refractivity contribution in [2.24, 2.45) is 0 Å². The lowest BCUT2D eigenvalue weighted by molar-refractivity contribution is 0.0413. The second-order valence-corrected chi connectivity index (χ2v) is 11.0. The van der Waals surface area contributed by atoms with E-state index in [2.05, 4.69) is 52.9 Å². The lowest BCUT2D eigenvalue weighted by Gasteiger charge is -2.40. The van der Waals surface area contributed by atoms with Gasteiger partial charge in [0.15, 0.2) is 8.32 Å². The molecule has 2 atom stereocenters. The maximum Gasteiger partial charge on any atom is 0.192 e. The zero-order valence-corrected chi connectivity index (χ0v) is 13.6. The predicted octanol–water partition coefficient (Wildman–Crippen LogP) is 4.11. The standard InChI is InChI=1S/C14H30O2Si/c1-8-9-10-11-13(12(2)15)16-17(6,7)14(3,4)5/h9-10,12-13,15H,8,11H2,1-7H3/b10-9+/t12-,13-/m0/s1. The summed E-state index contributed by atoms with van der Waals surface area (Å²) in [5, 5.41) is 9.99. The SMILES string of the molecule is CC/C=C/C[C@H](O[Si](C)(C)C(C)(C)C)[C@H](C)O. The molecule has 0 amide bonds. The first kappa shape index (κ1) is 16.9. The van der Waals surface area contributed by atoms with Crippen LogP contribution < -0.4 is 0 Å². The van der Waals surface area contributed by atoms with Crippen LogP contribution in [-0.2, 0) is 4.43 Å². The highest BCUT2D eigenvalue weighted by Gasteiger charge is 2.39. The van der Waals surface area contributed by atoms with Crippen molar-refractivity contribution in [3.63, 3.8) is 0 Å². The van der Waals surface area contributed by atoms with Gasteiger partial charge in [0.25, 0.3) is 0 Å². The zero-order valence-electron chi connectivity index (χ0n) is 12.6. The van der Waals surface area contributed by atoms with Crippen LogP contribution in [-0.4, -0.2) is 25.6 Å². The predicted molar refractivity (Wildman–Crippen MR) is 77.8 cm³/mol. The van der Waals surface area contributed by atoms with Crippen LogP contribution in [0.3, 0.4) is 0 Å². The van der Waals surface area contributed by atoms with Crippen LogP contribution in [0.1, 0.15) is 47.5 Å². The third-order valence-corrected chi connectivity index (χ3v) is 8.07. The summed E-state index contributed by atoms with van der Waals surface area (Å²) in [5.74, 6) is 0. The smallest absolute Gasteiger partial charge is 0.192 e. The van der Waals surface area contributed by atoms with Crippen molar-refractivity contribution in [2.75, 3.05) is 0 Å². The number of aliphatic hydroxyl groups is 1. The molecule has 0 aromatic carbocycles. The Labute approximate surface area is 108 Å². The van der Waals surface area contributed by atoms with E-state index in [-0.39, 0.29) is 11.1 Å². The summed E-state index contributed by atoms with van der Waals surface area (Å²) < 4.78 is 6.25. The molecule has 1 N–H and O–H groups in total. The van der Waals surface area contributed by atoms with Crippen molar-refractivity contribution in [3.05, 3.63) is 12.2 Å². The van der Waals surface area contributed by atoms with Crippen LogP contribution in [0.4, 0.5) is 0 Å². The van der Waals surface area contributed by atoms with E-state index in [9.17, 15) is 5.11 Å². The number of hydrogen-bond acceptors (Lipinski definition) is 2. The molecule has 2 nitrogen and oxygen atoms in total. The van der Waals surface area contributed by atoms with Crippen molar-refractivity contribution in [3.8, 4) is 0 Å². The molecule has 0 saturated carbocycles. The molecule has 0 spiro atoms. The molecule has 0 aliphatic rings. The van der Waals surface area contributed by atoms with Gasteiger partial charge in [-0.05, 0) is 37.9 Å². The molecule has 0 aliphatic heterocycles. The number of hydrogen-bond donors (Lipinski definition) is 1. The summed E-state index contributed by atoms with van der Waals surface area (Å²) in [6, 6.07) is 0. The summed E-state index contributed by atoms with van der Waals surface area (Å²) in [7, 11) is -1.78. The van der Waals surface area contributed by atoms with E-state index >= 15 is 0 Å². The normalized spacial score (nSPS) is 17.4. The monoisotopic (exact) mass is 258 g/mol. The van der Waals surface area contributed by atoms with E-state index in [0.717, 1.165) is 12.8 Å². The van der Waals surface area contributed by atoms with Crippen LogP contribution in [0.15, 0.2) is 12.2 Å². The van der Waals surface area contributed by atoms with Gasteiger partial charge in [0.05, 0.1) is 12.2 Å². The highest BCUT2D eigenvalue weighted by molar-refractivity contribution is 6.74. The van der Waals surface area contributed by atoms with Crippen molar-refractivity contribution < 1.29 is 9.53 Å². The molecule has 0 aromatic heterocycles. The van der Waals surface area contributed by atoms with Gasteiger partial charge in [0.1, 0.15) is 0 Å². The highest BCUT2D eigenvalue weighted by Crippen LogP contribution is 2.38. The summed E-state index contributed by atoms with van der Waals surface area (Å²) in [6.07, 6.45) is 5.60. The molecular formula is C14H30O2Si. The fourth-order valence-electron chi connectivity index (χ4n) is 1.30. The second-order valence-electron chi connectivity index (χ2n) is 6.27. The minimum atomic E-state index is -1.78. The molecule has 3 heteroatoms. The lowest BCUT2D eigenvalue weighted by Crippen LogP contribution is -2.46. The van der Waals surface area contributed by atoms with Crippen LogP contribution in [0.25, 0.3) is 0 Å². The Morgan fingerprint density at radius 2 is 1.76 bits per heavy atom. The maximum atomic E-state index is 9.80. The van der Waals surface area contributed by atoms with E-state index in [1.807, 2.05) is 6.92 Å². The molecular weight excluding hydrogens is 228 g/mol. The van der Waals surface area contributed by atoms with E-state index in [1.165, 1.54) is 0 Å². The van der Waals surface area contributed by atoms with Gasteiger partial charge >= 0.3 is 0 Å². The fourth-order valence-corrected chi connectivity index (χ4v) is 2.70. The number of aliphatic hydroxyl groups excluding tert-OH is 1. The Bertz CT molecular complexity index is 239. The maximum absolute atomic E-state index is 9.80. The Morgan fingerprint density at radius 3 is 2.12 bits per heavy atom. The first-order valence-electron chi connectivity index (χ1n) is 6.62. The fraction of sp³-hybridized carbons (Fsp3) is 0.857. The van der Waals surface area contributed by atoms with E-state index in [4.69, 9.17) is 4.43 Å². The lowest BCUT2D eigenvalue weighted by atomic mass is 10.1.